The highest BCUT2D eigenvalue weighted by Gasteiger charge is 2.35. The summed E-state index contributed by atoms with van der Waals surface area (Å²) in [5.41, 5.74) is 1.77. The van der Waals surface area contributed by atoms with Crippen LogP contribution in [0, 0.1) is 0 Å². The predicted molar refractivity (Wildman–Crippen MR) is 178 cm³/mol. The van der Waals surface area contributed by atoms with Crippen molar-refractivity contribution in [2.75, 3.05) is 24.0 Å². The largest absolute Gasteiger partial charge is 0.492 e. The lowest BCUT2D eigenvalue weighted by molar-refractivity contribution is -0.140. The summed E-state index contributed by atoms with van der Waals surface area (Å²) >= 11 is 6.30. The number of carbonyl (C=O) groups excluding carboxylic acids is 2. The fraction of sp³-hybridized carbons (Fsp3) is 0.257. The third-order valence-electron chi connectivity index (χ3n) is 7.11. The van der Waals surface area contributed by atoms with Crippen molar-refractivity contribution in [2.45, 2.75) is 44.2 Å². The second kappa shape index (κ2) is 16.1. The zero-order valence-corrected chi connectivity index (χ0v) is 27.0. The number of rotatable bonds is 15. The molecule has 236 valence electrons. The van der Waals surface area contributed by atoms with Gasteiger partial charge in [0.25, 0.3) is 10.0 Å². The first-order chi connectivity index (χ1) is 21.7. The van der Waals surface area contributed by atoms with Crippen molar-refractivity contribution in [2.24, 2.45) is 0 Å². The average Bonchev–Trinajstić information content (AvgIpc) is 3.05. The molecule has 0 spiro atoms. The van der Waals surface area contributed by atoms with Crippen molar-refractivity contribution in [1.29, 1.82) is 0 Å². The molecule has 0 saturated carbocycles. The highest BCUT2D eigenvalue weighted by Crippen LogP contribution is 2.33. The first-order valence-corrected chi connectivity index (χ1v) is 16.7. The molecule has 0 radical (unpaired) electrons. The smallest absolute Gasteiger partial charge is 0.264 e. The molecule has 0 bridgehead atoms. The van der Waals surface area contributed by atoms with Gasteiger partial charge in [-0.05, 0) is 60.9 Å². The van der Waals surface area contributed by atoms with Gasteiger partial charge in [-0.3, -0.25) is 13.9 Å². The summed E-state index contributed by atoms with van der Waals surface area (Å²) in [5, 5.41) is 3.42. The molecule has 4 aromatic rings. The topological polar surface area (TPSA) is 96.0 Å². The standard InChI is InChI=1S/C35H38ClN3O5S/c1-3-22-37-35(41)32(24-27-14-7-5-8-15-27)38(25-28-16-13-17-29(36)23-28)34(40)26-39(31-20-11-12-21-33(31)44-4-2)45(42,43)30-18-9-6-10-19-30/h5-21,23,32H,3-4,22,24-26H2,1-2H3,(H,37,41)/t32-/m1/s1. The summed E-state index contributed by atoms with van der Waals surface area (Å²) in [5.74, 6) is -0.577. The van der Waals surface area contributed by atoms with E-state index in [4.69, 9.17) is 16.3 Å². The molecule has 10 heteroatoms. The van der Waals surface area contributed by atoms with E-state index in [2.05, 4.69) is 5.32 Å². The molecule has 0 fully saturated rings. The second-order valence-corrected chi connectivity index (χ2v) is 12.7. The van der Waals surface area contributed by atoms with Gasteiger partial charge in [-0.25, -0.2) is 8.42 Å². The minimum Gasteiger partial charge on any atom is -0.492 e. The van der Waals surface area contributed by atoms with Crippen LogP contribution in [0.15, 0.2) is 114 Å². The molecule has 0 aliphatic carbocycles. The number of carbonyl (C=O) groups is 2. The molecule has 0 unspecified atom stereocenters. The Kier molecular flexibility index (Phi) is 12.0. The number of hydrogen-bond donors (Lipinski definition) is 1. The Labute approximate surface area is 270 Å². The van der Waals surface area contributed by atoms with Gasteiger partial charge in [0, 0.05) is 24.5 Å². The monoisotopic (exact) mass is 647 g/mol. The number of para-hydroxylation sites is 2. The van der Waals surface area contributed by atoms with Crippen molar-refractivity contribution in [1.82, 2.24) is 10.2 Å². The van der Waals surface area contributed by atoms with Gasteiger partial charge in [0.1, 0.15) is 18.3 Å². The number of nitrogens with one attached hydrogen (secondary N) is 1. The van der Waals surface area contributed by atoms with Crippen LogP contribution in [-0.2, 0) is 32.6 Å². The number of nitrogens with zero attached hydrogens (tertiary/aromatic N) is 2. The third kappa shape index (κ3) is 8.86. The number of amides is 2. The van der Waals surface area contributed by atoms with Gasteiger partial charge in [0.15, 0.2) is 0 Å². The van der Waals surface area contributed by atoms with E-state index in [1.54, 1.807) is 67.6 Å². The van der Waals surface area contributed by atoms with Gasteiger partial charge in [-0.1, -0.05) is 91.3 Å². The van der Waals surface area contributed by atoms with Gasteiger partial charge in [-0.15, -0.1) is 0 Å². The Hall–Kier alpha value is -4.34. The fourth-order valence-corrected chi connectivity index (χ4v) is 6.58. The van der Waals surface area contributed by atoms with Gasteiger partial charge in [0.2, 0.25) is 11.8 Å². The molecule has 0 aromatic heterocycles. The average molecular weight is 648 g/mol. The molecule has 0 heterocycles. The molecule has 8 nitrogen and oxygen atoms in total. The minimum absolute atomic E-state index is 0.0204. The fourth-order valence-electron chi connectivity index (χ4n) is 4.93. The number of anilines is 1. The Morgan fingerprint density at radius 1 is 0.844 bits per heavy atom. The molecule has 4 aromatic carbocycles. The van der Waals surface area contributed by atoms with Crippen molar-refractivity contribution in [3.63, 3.8) is 0 Å². The van der Waals surface area contributed by atoms with Crippen LogP contribution in [0.5, 0.6) is 5.75 Å². The van der Waals surface area contributed by atoms with Gasteiger partial charge >= 0.3 is 0 Å². The molecule has 0 aliphatic rings. The molecule has 0 aliphatic heterocycles. The van der Waals surface area contributed by atoms with E-state index < -0.39 is 28.5 Å². The van der Waals surface area contributed by atoms with E-state index in [1.165, 1.54) is 17.0 Å². The SMILES string of the molecule is CCCNC(=O)[C@@H](Cc1ccccc1)N(Cc1cccc(Cl)c1)C(=O)CN(c1ccccc1OCC)S(=O)(=O)c1ccccc1. The molecule has 2 amide bonds. The van der Waals surface area contributed by atoms with Crippen LogP contribution in [-0.4, -0.2) is 50.9 Å². The maximum absolute atomic E-state index is 14.5. The quantitative estimate of drug-likeness (QED) is 0.168. The maximum Gasteiger partial charge on any atom is 0.264 e. The van der Waals surface area contributed by atoms with Gasteiger partial charge in [-0.2, -0.15) is 0 Å². The van der Waals surface area contributed by atoms with Gasteiger partial charge < -0.3 is 15.0 Å². The normalized spacial score (nSPS) is 11.8. The summed E-state index contributed by atoms with van der Waals surface area (Å²) in [6.07, 6.45) is 0.938. The molecule has 0 saturated heterocycles. The summed E-state index contributed by atoms with van der Waals surface area (Å²) in [7, 11) is -4.24. The first-order valence-electron chi connectivity index (χ1n) is 14.9. The van der Waals surface area contributed by atoms with Gasteiger partial charge in [0.05, 0.1) is 17.2 Å². The lowest BCUT2D eigenvalue weighted by Crippen LogP contribution is -2.53. The Morgan fingerprint density at radius 2 is 1.49 bits per heavy atom. The van der Waals surface area contributed by atoms with Crippen molar-refractivity contribution in [3.8, 4) is 5.75 Å². The van der Waals surface area contributed by atoms with E-state index in [9.17, 15) is 18.0 Å². The number of ether oxygens (including phenoxy) is 1. The summed E-state index contributed by atoms with van der Waals surface area (Å²) in [4.78, 5) is 29.7. The lowest BCUT2D eigenvalue weighted by atomic mass is 10.0. The zero-order valence-electron chi connectivity index (χ0n) is 25.4. The molecule has 45 heavy (non-hydrogen) atoms. The number of halogens is 1. The van der Waals surface area contributed by atoms with Crippen LogP contribution in [0.25, 0.3) is 0 Å². The molecular weight excluding hydrogens is 610 g/mol. The van der Waals surface area contributed by atoms with E-state index in [1.807, 2.05) is 43.3 Å². The number of benzene rings is 4. The van der Waals surface area contributed by atoms with Crippen LogP contribution < -0.4 is 14.4 Å². The predicted octanol–water partition coefficient (Wildman–Crippen LogP) is 6.10. The number of hydrogen-bond acceptors (Lipinski definition) is 5. The van der Waals surface area contributed by atoms with Crippen LogP contribution in [0.1, 0.15) is 31.4 Å². The van der Waals surface area contributed by atoms with Crippen molar-refractivity contribution < 1.29 is 22.7 Å². The molecule has 1 N–H and O–H groups in total. The van der Waals surface area contributed by atoms with Crippen LogP contribution >= 0.6 is 11.6 Å². The highest BCUT2D eigenvalue weighted by molar-refractivity contribution is 7.92. The summed E-state index contributed by atoms with van der Waals surface area (Å²) in [6, 6.07) is 30.2. The van der Waals surface area contributed by atoms with Crippen LogP contribution in [0.4, 0.5) is 5.69 Å². The molecule has 1 atom stereocenters. The molecular formula is C35H38ClN3O5S. The minimum atomic E-state index is -4.24. The number of sulfonamides is 1. The zero-order chi connectivity index (χ0) is 32.2. The van der Waals surface area contributed by atoms with E-state index in [0.717, 1.165) is 9.87 Å². The van der Waals surface area contributed by atoms with E-state index in [-0.39, 0.29) is 29.5 Å². The van der Waals surface area contributed by atoms with Crippen molar-refractivity contribution in [3.05, 3.63) is 125 Å². The highest BCUT2D eigenvalue weighted by atomic mass is 35.5. The van der Waals surface area contributed by atoms with E-state index >= 15 is 0 Å². The van der Waals surface area contributed by atoms with Crippen LogP contribution in [0.2, 0.25) is 5.02 Å². The Bertz CT molecular complexity index is 1670. The third-order valence-corrected chi connectivity index (χ3v) is 9.12. The maximum atomic E-state index is 14.5. The van der Waals surface area contributed by atoms with Crippen LogP contribution in [0.3, 0.4) is 0 Å². The Morgan fingerprint density at radius 3 is 2.16 bits per heavy atom. The van der Waals surface area contributed by atoms with E-state index in [0.29, 0.717) is 35.9 Å². The summed E-state index contributed by atoms with van der Waals surface area (Å²) < 4.78 is 35.2. The first kappa shape index (κ1) is 33.6. The van der Waals surface area contributed by atoms with Crippen molar-refractivity contribution >= 4 is 39.1 Å². The second-order valence-electron chi connectivity index (χ2n) is 10.4. The molecule has 4 rings (SSSR count). The lowest BCUT2D eigenvalue weighted by Gasteiger charge is -2.34. The summed E-state index contributed by atoms with van der Waals surface area (Å²) in [6.45, 7) is 3.93. The Balaban J connectivity index is 1.82.